The maximum atomic E-state index is 3.99. The summed E-state index contributed by atoms with van der Waals surface area (Å²) in [6.07, 6.45) is 14.5. The average molecular weight is 455 g/mol. The molecule has 134 valence electrons. The molecule has 0 heterocycles. The fraction of sp³-hybridized carbons (Fsp3) is 0.455. The molecule has 0 N–H and O–H groups in total. The molecular weight excluding hydrogens is 426 g/mol. The van der Waals surface area contributed by atoms with Crippen molar-refractivity contribution in [3.05, 3.63) is 60.2 Å². The second kappa shape index (κ2) is 11.7. The van der Waals surface area contributed by atoms with Gasteiger partial charge in [-0.3, -0.25) is 0 Å². The Morgan fingerprint density at radius 1 is 1.12 bits per heavy atom. The Hall–Kier alpha value is 0.0331. The molecule has 0 amide bonds. The van der Waals surface area contributed by atoms with Gasteiger partial charge in [0.15, 0.2) is 0 Å². The van der Waals surface area contributed by atoms with E-state index in [4.69, 9.17) is 0 Å². The van der Waals surface area contributed by atoms with Gasteiger partial charge < -0.3 is 31.7 Å². The number of rotatable bonds is 0. The van der Waals surface area contributed by atoms with Gasteiger partial charge in [0.05, 0.1) is 0 Å². The molecule has 0 aliphatic heterocycles. The van der Waals surface area contributed by atoms with Crippen molar-refractivity contribution in [2.45, 2.75) is 39.5 Å². The van der Waals surface area contributed by atoms with Crippen molar-refractivity contribution in [2.75, 3.05) is 0 Å². The minimum Gasteiger partial charge on any atom is -1.00 e. The van der Waals surface area contributed by atoms with Crippen molar-refractivity contribution in [1.82, 2.24) is 0 Å². The molecule has 4 atom stereocenters. The molecule has 4 rings (SSSR count). The van der Waals surface area contributed by atoms with Gasteiger partial charge in [-0.1, -0.05) is 62.5 Å². The molecule has 0 spiro atoms. The van der Waals surface area contributed by atoms with E-state index in [0.29, 0.717) is 5.92 Å². The molecule has 4 unspecified atom stereocenters. The first kappa shape index (κ1) is 25.0. The summed E-state index contributed by atoms with van der Waals surface area (Å²) in [5, 5.41) is 2.91. The Labute approximate surface area is 185 Å². The first-order valence-corrected chi connectivity index (χ1v) is 8.79. The van der Waals surface area contributed by atoms with Gasteiger partial charge in [-0.25, -0.2) is 12.0 Å². The third-order valence-electron chi connectivity index (χ3n) is 5.36. The summed E-state index contributed by atoms with van der Waals surface area (Å²) in [6.45, 7) is 8.58. The van der Waals surface area contributed by atoms with Gasteiger partial charge in [0, 0.05) is 0 Å². The maximum absolute atomic E-state index is 3.99. The van der Waals surface area contributed by atoms with Crippen LogP contribution in [-0.4, -0.2) is 0 Å². The van der Waals surface area contributed by atoms with E-state index < -0.39 is 0 Å². The minimum absolute atomic E-state index is 0. The summed E-state index contributed by atoms with van der Waals surface area (Å²) in [5.74, 6) is 2.96. The SMILES string of the molecule is CC1[CH-]C2=c3ccccc3=CCC2C1.[CH2-]C1C=CCCC1C.[Cl-].[Cl-].[Zr+4]. The number of benzene rings is 1. The molecule has 0 radical (unpaired) electrons. The summed E-state index contributed by atoms with van der Waals surface area (Å²) in [6, 6.07) is 8.78. The largest absolute Gasteiger partial charge is 4.00 e. The molecular formula is C22H28Cl2Zr. The van der Waals surface area contributed by atoms with Crippen LogP contribution < -0.4 is 35.3 Å². The third-order valence-corrected chi connectivity index (χ3v) is 5.36. The fourth-order valence-corrected chi connectivity index (χ4v) is 3.86. The average Bonchev–Trinajstić information content (AvgIpc) is 2.92. The molecule has 25 heavy (non-hydrogen) atoms. The number of fused-ring (bicyclic) bond motifs is 2. The summed E-state index contributed by atoms with van der Waals surface area (Å²) < 4.78 is 0. The van der Waals surface area contributed by atoms with E-state index in [9.17, 15) is 0 Å². The molecule has 1 aromatic rings. The van der Waals surface area contributed by atoms with E-state index in [2.05, 4.69) is 69.7 Å². The van der Waals surface area contributed by atoms with Gasteiger partial charge in [0.25, 0.3) is 0 Å². The van der Waals surface area contributed by atoms with Crippen LogP contribution in [-0.2, 0) is 26.2 Å². The predicted octanol–water partition coefficient (Wildman–Crippen LogP) is -1.69. The zero-order valence-electron chi connectivity index (χ0n) is 15.2. The Morgan fingerprint density at radius 3 is 2.48 bits per heavy atom. The number of halogens is 2. The second-order valence-electron chi connectivity index (χ2n) is 7.21. The van der Waals surface area contributed by atoms with Crippen LogP contribution in [0.15, 0.2) is 36.4 Å². The first-order chi connectivity index (χ1) is 10.6. The van der Waals surface area contributed by atoms with Crippen molar-refractivity contribution in [1.29, 1.82) is 0 Å². The van der Waals surface area contributed by atoms with Gasteiger partial charge in [-0.05, 0) is 25.2 Å². The van der Waals surface area contributed by atoms with Crippen LogP contribution in [0.25, 0.3) is 11.6 Å². The number of hydrogen-bond donors (Lipinski definition) is 0. The monoisotopic (exact) mass is 452 g/mol. The maximum Gasteiger partial charge on any atom is 4.00 e. The quantitative estimate of drug-likeness (QED) is 0.324. The standard InChI is InChI=1S/C14H15.C8H13.2ClH.Zr/c1-10-8-12-7-6-11-4-2-3-5-13(11)14(12)9-10;1-7-5-3-4-6-8(7)2;;;/h2-6,9-10,12H,7-8H2,1H3;3,5,7-8H,1,4,6H2,2H3;2*1H;/q2*-1;;;+4/p-2. The topological polar surface area (TPSA) is 0 Å². The van der Waals surface area contributed by atoms with Gasteiger partial charge in [0.1, 0.15) is 0 Å². The molecule has 0 aromatic heterocycles. The van der Waals surface area contributed by atoms with Crippen molar-refractivity contribution < 1.29 is 51.0 Å². The molecule has 1 aromatic carbocycles. The zero-order chi connectivity index (χ0) is 15.5. The minimum atomic E-state index is 0. The fourth-order valence-electron chi connectivity index (χ4n) is 3.86. The normalized spacial score (nSPS) is 28.2. The van der Waals surface area contributed by atoms with Crippen LogP contribution >= 0.6 is 0 Å². The van der Waals surface area contributed by atoms with E-state index in [0.717, 1.165) is 17.8 Å². The van der Waals surface area contributed by atoms with Crippen LogP contribution in [0.1, 0.15) is 39.5 Å². The van der Waals surface area contributed by atoms with Crippen LogP contribution in [0.3, 0.4) is 0 Å². The molecule has 1 fully saturated rings. The van der Waals surface area contributed by atoms with Gasteiger partial charge in [-0.2, -0.15) is 5.22 Å². The smallest absolute Gasteiger partial charge is 1.00 e. The Bertz CT molecular complexity index is 665. The van der Waals surface area contributed by atoms with Crippen LogP contribution in [0.4, 0.5) is 0 Å². The van der Waals surface area contributed by atoms with Crippen LogP contribution in [0.5, 0.6) is 0 Å². The van der Waals surface area contributed by atoms with E-state index in [1.54, 1.807) is 5.57 Å². The Kier molecular flexibility index (Phi) is 11.7. The van der Waals surface area contributed by atoms with E-state index in [1.807, 2.05) is 0 Å². The van der Waals surface area contributed by atoms with Gasteiger partial charge in [0.2, 0.25) is 0 Å². The summed E-state index contributed by atoms with van der Waals surface area (Å²) in [7, 11) is 0. The van der Waals surface area contributed by atoms with E-state index in [-0.39, 0.29) is 51.0 Å². The van der Waals surface area contributed by atoms with Crippen molar-refractivity contribution >= 4 is 11.6 Å². The second-order valence-corrected chi connectivity index (χ2v) is 7.21. The Morgan fingerprint density at radius 2 is 1.84 bits per heavy atom. The van der Waals surface area contributed by atoms with Gasteiger partial charge in [-0.15, -0.1) is 23.3 Å². The van der Waals surface area contributed by atoms with Crippen LogP contribution in [0.2, 0.25) is 0 Å². The Balaban J connectivity index is 0.000000462. The molecule has 3 aliphatic rings. The zero-order valence-corrected chi connectivity index (χ0v) is 19.2. The third kappa shape index (κ3) is 6.30. The number of hydrogen-bond acceptors (Lipinski definition) is 0. The van der Waals surface area contributed by atoms with Crippen molar-refractivity contribution in [3.8, 4) is 0 Å². The summed E-state index contributed by atoms with van der Waals surface area (Å²) in [5.41, 5.74) is 1.61. The predicted molar refractivity (Wildman–Crippen MR) is 96.1 cm³/mol. The molecule has 3 aliphatic carbocycles. The first-order valence-electron chi connectivity index (χ1n) is 8.79. The van der Waals surface area contributed by atoms with Crippen LogP contribution in [0, 0.1) is 37.0 Å². The molecule has 0 saturated heterocycles. The molecule has 0 bridgehead atoms. The molecule has 3 heteroatoms. The van der Waals surface area contributed by atoms with E-state index in [1.165, 1.54) is 36.1 Å². The van der Waals surface area contributed by atoms with E-state index >= 15 is 0 Å². The number of allylic oxidation sites excluding steroid dienone is 2. The summed E-state index contributed by atoms with van der Waals surface area (Å²) in [4.78, 5) is 0. The summed E-state index contributed by atoms with van der Waals surface area (Å²) >= 11 is 0. The van der Waals surface area contributed by atoms with Gasteiger partial charge >= 0.3 is 26.2 Å². The van der Waals surface area contributed by atoms with Crippen molar-refractivity contribution in [3.63, 3.8) is 0 Å². The molecule has 1 saturated carbocycles. The van der Waals surface area contributed by atoms with Crippen molar-refractivity contribution in [2.24, 2.45) is 23.7 Å². The molecule has 0 nitrogen and oxygen atoms in total.